The van der Waals surface area contributed by atoms with Crippen LogP contribution in [0.15, 0.2) is 48.5 Å². The summed E-state index contributed by atoms with van der Waals surface area (Å²) in [5, 5.41) is 5.99. The van der Waals surface area contributed by atoms with Gasteiger partial charge in [-0.2, -0.15) is 0 Å². The number of piperidine rings is 1. The van der Waals surface area contributed by atoms with Crippen molar-refractivity contribution in [3.05, 3.63) is 59.7 Å². The minimum absolute atomic E-state index is 0.00517. The van der Waals surface area contributed by atoms with E-state index in [4.69, 9.17) is 0 Å². The van der Waals surface area contributed by atoms with E-state index in [1.54, 1.807) is 34.1 Å². The van der Waals surface area contributed by atoms with Crippen molar-refractivity contribution in [2.75, 3.05) is 29.9 Å². The van der Waals surface area contributed by atoms with Crippen molar-refractivity contribution >= 4 is 29.2 Å². The number of anilines is 2. The van der Waals surface area contributed by atoms with E-state index in [1.807, 2.05) is 18.2 Å². The minimum atomic E-state index is -0.163. The average Bonchev–Trinajstić information content (AvgIpc) is 3.19. The Bertz CT molecular complexity index is 949. The van der Waals surface area contributed by atoms with Crippen LogP contribution in [0.25, 0.3) is 0 Å². The van der Waals surface area contributed by atoms with Crippen LogP contribution in [0, 0.1) is 0 Å². The Balaban J connectivity index is 1.26. The number of urea groups is 2. The second-order valence-corrected chi connectivity index (χ2v) is 7.80. The number of Topliss-reactive ketones (excluding diaryl/α,β-unsaturated/α-hetero) is 1. The Hall–Kier alpha value is -3.35. The fraction of sp³-hybridized carbons (Fsp3) is 0.348. The molecule has 0 spiro atoms. The van der Waals surface area contributed by atoms with Gasteiger partial charge in [-0.25, -0.2) is 9.59 Å². The van der Waals surface area contributed by atoms with Gasteiger partial charge in [-0.3, -0.25) is 9.69 Å². The third-order valence-electron chi connectivity index (χ3n) is 5.78. The molecule has 0 radical (unpaired) electrons. The largest absolute Gasteiger partial charge is 0.335 e. The number of hydrogen-bond acceptors (Lipinski definition) is 3. The molecule has 2 aromatic carbocycles. The number of nitrogens with zero attached hydrogens (tertiary/aromatic N) is 2. The maximum atomic E-state index is 12.7. The predicted molar refractivity (Wildman–Crippen MR) is 116 cm³/mol. The Morgan fingerprint density at radius 1 is 0.900 bits per heavy atom. The highest BCUT2D eigenvalue weighted by molar-refractivity contribution is 5.96. The molecule has 156 valence electrons. The van der Waals surface area contributed by atoms with Crippen LogP contribution in [-0.4, -0.2) is 48.4 Å². The quantitative estimate of drug-likeness (QED) is 0.764. The first-order valence-electron chi connectivity index (χ1n) is 10.3. The smallest absolute Gasteiger partial charge is 0.322 e. The number of nitrogens with one attached hydrogen (secondary N) is 2. The van der Waals surface area contributed by atoms with Gasteiger partial charge in [-0.15, -0.1) is 0 Å². The summed E-state index contributed by atoms with van der Waals surface area (Å²) >= 11 is 0. The van der Waals surface area contributed by atoms with E-state index in [0.29, 0.717) is 30.9 Å². The number of rotatable bonds is 3. The normalized spacial score (nSPS) is 16.2. The Kier molecular flexibility index (Phi) is 5.70. The Morgan fingerprint density at radius 2 is 1.60 bits per heavy atom. The second-order valence-electron chi connectivity index (χ2n) is 7.80. The topological polar surface area (TPSA) is 81.8 Å². The highest BCUT2D eigenvalue weighted by atomic mass is 16.2. The first-order valence-corrected chi connectivity index (χ1v) is 10.3. The van der Waals surface area contributed by atoms with Gasteiger partial charge >= 0.3 is 12.1 Å². The number of benzene rings is 2. The third-order valence-corrected chi connectivity index (χ3v) is 5.78. The molecule has 7 nitrogen and oxygen atoms in total. The predicted octanol–water partition coefficient (Wildman–Crippen LogP) is 3.66. The van der Waals surface area contributed by atoms with E-state index < -0.39 is 0 Å². The average molecular weight is 406 g/mol. The number of carbonyl (C=O) groups excluding carboxylic acids is 3. The van der Waals surface area contributed by atoms with Crippen molar-refractivity contribution < 1.29 is 14.4 Å². The monoisotopic (exact) mass is 406 g/mol. The molecule has 7 heteroatoms. The van der Waals surface area contributed by atoms with Crippen LogP contribution < -0.4 is 15.5 Å². The molecule has 30 heavy (non-hydrogen) atoms. The molecule has 2 heterocycles. The zero-order valence-electron chi connectivity index (χ0n) is 17.1. The zero-order chi connectivity index (χ0) is 21.1. The molecule has 2 N–H and O–H groups in total. The number of para-hydroxylation sites is 1. The van der Waals surface area contributed by atoms with E-state index >= 15 is 0 Å². The zero-order valence-corrected chi connectivity index (χ0v) is 17.1. The molecule has 0 bridgehead atoms. The number of likely N-dealkylation sites (tertiary alicyclic amines) is 1. The number of ketones is 1. The molecule has 0 atom stereocenters. The SMILES string of the molecule is CC(=O)c1ccc(NC(=O)N2CCC(NC(=O)N3CCc4ccccc43)CC2)cc1. The molecule has 2 aromatic rings. The summed E-state index contributed by atoms with van der Waals surface area (Å²) in [5.74, 6) is -0.00517. The molecule has 1 saturated heterocycles. The van der Waals surface area contributed by atoms with E-state index in [0.717, 1.165) is 24.9 Å². The summed E-state index contributed by atoms with van der Waals surface area (Å²) in [6.45, 7) is 3.38. The lowest BCUT2D eigenvalue weighted by atomic mass is 10.1. The lowest BCUT2D eigenvalue weighted by Crippen LogP contribution is -2.50. The van der Waals surface area contributed by atoms with Crippen LogP contribution in [0.1, 0.15) is 35.7 Å². The summed E-state index contributed by atoms with van der Waals surface area (Å²) in [6, 6.07) is 14.7. The third kappa shape index (κ3) is 4.30. The van der Waals surface area contributed by atoms with Crippen LogP contribution in [0.2, 0.25) is 0 Å². The lowest BCUT2D eigenvalue weighted by Gasteiger charge is -2.33. The van der Waals surface area contributed by atoms with Gasteiger partial charge in [0.25, 0.3) is 0 Å². The van der Waals surface area contributed by atoms with E-state index in [-0.39, 0.29) is 23.9 Å². The summed E-state index contributed by atoms with van der Waals surface area (Å²) < 4.78 is 0. The lowest BCUT2D eigenvalue weighted by molar-refractivity contribution is 0.101. The molecule has 1 fully saturated rings. The summed E-state index contributed by atoms with van der Waals surface area (Å²) in [4.78, 5) is 40.1. The fourth-order valence-electron chi connectivity index (χ4n) is 4.02. The van der Waals surface area contributed by atoms with Crippen molar-refractivity contribution in [2.45, 2.75) is 32.2 Å². The first-order chi connectivity index (χ1) is 14.5. The summed E-state index contributed by atoms with van der Waals surface area (Å²) in [7, 11) is 0. The number of carbonyl (C=O) groups is 3. The van der Waals surface area contributed by atoms with Gasteiger partial charge in [-0.1, -0.05) is 18.2 Å². The van der Waals surface area contributed by atoms with Crippen molar-refractivity contribution in [1.29, 1.82) is 0 Å². The maximum Gasteiger partial charge on any atom is 0.322 e. The molecule has 4 rings (SSSR count). The van der Waals surface area contributed by atoms with Crippen LogP contribution in [-0.2, 0) is 6.42 Å². The van der Waals surface area contributed by atoms with Gasteiger partial charge in [0.05, 0.1) is 0 Å². The molecule has 0 aliphatic carbocycles. The van der Waals surface area contributed by atoms with Crippen LogP contribution in [0.5, 0.6) is 0 Å². The van der Waals surface area contributed by atoms with Crippen LogP contribution in [0.3, 0.4) is 0 Å². The van der Waals surface area contributed by atoms with Gasteiger partial charge in [0.15, 0.2) is 5.78 Å². The van der Waals surface area contributed by atoms with E-state index in [1.165, 1.54) is 12.5 Å². The minimum Gasteiger partial charge on any atom is -0.335 e. The van der Waals surface area contributed by atoms with Gasteiger partial charge in [0, 0.05) is 42.6 Å². The van der Waals surface area contributed by atoms with E-state index in [2.05, 4.69) is 16.7 Å². The van der Waals surface area contributed by atoms with Crippen LogP contribution in [0.4, 0.5) is 21.0 Å². The standard InChI is InChI=1S/C23H26N4O3/c1-16(28)17-6-8-19(9-7-17)24-22(29)26-13-11-20(12-14-26)25-23(30)27-15-10-18-4-2-3-5-21(18)27/h2-9,20H,10-15H2,1H3,(H,24,29)(H,25,30). The first kappa shape index (κ1) is 19.9. The highest BCUT2D eigenvalue weighted by Gasteiger charge is 2.28. The second kappa shape index (κ2) is 8.57. The summed E-state index contributed by atoms with van der Waals surface area (Å²) in [5.41, 5.74) is 3.47. The van der Waals surface area contributed by atoms with E-state index in [9.17, 15) is 14.4 Å². The fourth-order valence-corrected chi connectivity index (χ4v) is 4.02. The Morgan fingerprint density at radius 3 is 2.30 bits per heavy atom. The number of fused-ring (bicyclic) bond motifs is 1. The summed E-state index contributed by atoms with van der Waals surface area (Å²) in [6.07, 6.45) is 2.32. The number of hydrogen-bond donors (Lipinski definition) is 2. The van der Waals surface area contributed by atoms with Crippen molar-refractivity contribution in [2.24, 2.45) is 0 Å². The van der Waals surface area contributed by atoms with Crippen molar-refractivity contribution in [3.8, 4) is 0 Å². The van der Waals surface area contributed by atoms with Gasteiger partial charge in [0.1, 0.15) is 0 Å². The molecule has 2 aliphatic heterocycles. The van der Waals surface area contributed by atoms with Gasteiger partial charge in [0.2, 0.25) is 0 Å². The molecule has 0 saturated carbocycles. The molecule has 2 aliphatic rings. The van der Waals surface area contributed by atoms with Gasteiger partial charge < -0.3 is 15.5 Å². The van der Waals surface area contributed by atoms with Crippen LogP contribution >= 0.6 is 0 Å². The van der Waals surface area contributed by atoms with Gasteiger partial charge in [-0.05, 0) is 62.1 Å². The highest BCUT2D eigenvalue weighted by Crippen LogP contribution is 2.27. The molecular formula is C23H26N4O3. The van der Waals surface area contributed by atoms with Crippen molar-refractivity contribution in [3.63, 3.8) is 0 Å². The number of amides is 4. The maximum absolute atomic E-state index is 12.7. The van der Waals surface area contributed by atoms with Crippen molar-refractivity contribution in [1.82, 2.24) is 10.2 Å². The molecule has 0 aromatic heterocycles. The molecular weight excluding hydrogens is 380 g/mol. The molecule has 0 unspecified atom stereocenters. The Labute approximate surface area is 176 Å². The molecule has 4 amide bonds.